The van der Waals surface area contributed by atoms with Crippen molar-refractivity contribution in [1.29, 1.82) is 0 Å². The molecule has 0 atom stereocenters. The zero-order valence-corrected chi connectivity index (χ0v) is 24.0. The van der Waals surface area contributed by atoms with E-state index in [2.05, 4.69) is 27.1 Å². The van der Waals surface area contributed by atoms with Gasteiger partial charge in [-0.1, -0.05) is 12.1 Å². The first-order valence-corrected chi connectivity index (χ1v) is 11.5. The molecule has 3 aromatic heterocycles. The van der Waals surface area contributed by atoms with Crippen LogP contribution in [0.3, 0.4) is 0 Å². The molecule has 0 aliphatic heterocycles. The van der Waals surface area contributed by atoms with Gasteiger partial charge >= 0.3 is 42.1 Å². The van der Waals surface area contributed by atoms with Crippen molar-refractivity contribution >= 4 is 21.6 Å². The summed E-state index contributed by atoms with van der Waals surface area (Å²) >= 11 is 0. The van der Waals surface area contributed by atoms with Gasteiger partial charge in [0.25, 0.3) is 0 Å². The third-order valence-electron chi connectivity index (χ3n) is 2.46. The minimum absolute atomic E-state index is 0. The summed E-state index contributed by atoms with van der Waals surface area (Å²) in [6.07, 6.45) is 10.0. The van der Waals surface area contributed by atoms with Crippen LogP contribution >= 0.6 is 0 Å². The predicted molar refractivity (Wildman–Crippen MR) is 121 cm³/mol. The molecule has 0 saturated heterocycles. The van der Waals surface area contributed by atoms with E-state index in [1.165, 1.54) is 0 Å². The Hall–Kier alpha value is -0.873. The first-order valence-electron chi connectivity index (χ1n) is 7.53. The molecule has 0 unspecified atom stereocenters. The average molecular weight is 808 g/mol. The topological polar surface area (TPSA) is 72.8 Å². The Kier molecular flexibility index (Phi) is 26.0. The summed E-state index contributed by atoms with van der Waals surface area (Å²) in [5, 5.41) is 0. The van der Waals surface area contributed by atoms with Gasteiger partial charge in [-0.3, -0.25) is 13.4 Å². The predicted octanol–water partition coefficient (Wildman–Crippen LogP) is 3.69. The van der Waals surface area contributed by atoms with Gasteiger partial charge in [0.1, 0.15) is 0 Å². The number of aromatic nitrogens is 3. The van der Waals surface area contributed by atoms with Crippen LogP contribution in [0, 0.1) is 27.0 Å². The number of hydrogen-bond acceptors (Lipinski definition) is 5. The summed E-state index contributed by atoms with van der Waals surface area (Å²) in [5.74, 6) is 0. The molecule has 0 aromatic carbocycles. The van der Waals surface area contributed by atoms with Gasteiger partial charge < -0.3 is 43.0 Å². The number of nitrogens with zero attached hydrogens (tertiary/aromatic N) is 3. The van der Waals surface area contributed by atoms with Crippen molar-refractivity contribution in [3.05, 3.63) is 81.8 Å². The molecule has 0 fully saturated rings. The summed E-state index contributed by atoms with van der Waals surface area (Å²) < 4.78 is 19.1. The quantitative estimate of drug-likeness (QED) is 0.370. The first kappa shape index (κ1) is 36.5. The molecule has 3 heterocycles. The van der Waals surface area contributed by atoms with Crippen LogP contribution in [0.2, 0.25) is 0 Å². The second-order valence-electron chi connectivity index (χ2n) is 5.16. The van der Waals surface area contributed by atoms with Crippen LogP contribution < -0.4 is 0 Å². The molecule has 0 radical (unpaired) electrons. The fourth-order valence-corrected chi connectivity index (χ4v) is 1.62. The zero-order chi connectivity index (χ0) is 19.4. The maximum absolute atomic E-state index is 9.56. The Morgan fingerprint density at radius 3 is 1.30 bits per heavy atom. The second kappa shape index (κ2) is 21.4. The maximum atomic E-state index is 9.56. The van der Waals surface area contributed by atoms with E-state index < -0.39 is 21.6 Å². The Morgan fingerprint density at radius 1 is 0.700 bits per heavy atom. The third-order valence-corrected chi connectivity index (χ3v) is 2.46. The SMILES string of the molecule is CS(C)=O.CS(C)=O.[CH3-].[CH3-].[Pt+2].[Pt+2].[c-]1c[c-]c(-c2ccccn2)nc1-c1ccccn1. The van der Waals surface area contributed by atoms with Crippen molar-refractivity contribution in [3.63, 3.8) is 0 Å². The average Bonchev–Trinajstić information content (AvgIpc) is 2.62. The molecule has 3 aromatic rings. The monoisotopic (exact) mass is 807 g/mol. The molecule has 0 N–H and O–H groups in total. The smallest absolute Gasteiger partial charge is 0.380 e. The van der Waals surface area contributed by atoms with Gasteiger partial charge in [-0.2, -0.15) is 0 Å². The van der Waals surface area contributed by atoms with Gasteiger partial charge in [-0.15, -0.1) is 17.5 Å². The Bertz CT molecular complexity index is 765. The van der Waals surface area contributed by atoms with Crippen LogP contribution in [0.1, 0.15) is 0 Å². The van der Waals surface area contributed by atoms with Crippen LogP contribution in [0.4, 0.5) is 0 Å². The fourth-order valence-electron chi connectivity index (χ4n) is 1.62. The van der Waals surface area contributed by atoms with Crippen molar-refractivity contribution in [2.45, 2.75) is 0 Å². The Morgan fingerprint density at radius 2 is 1.03 bits per heavy atom. The van der Waals surface area contributed by atoms with Crippen LogP contribution in [0.25, 0.3) is 22.8 Å². The summed E-state index contributed by atoms with van der Waals surface area (Å²) in [7, 11) is -1.22. The molecule has 0 saturated carbocycles. The van der Waals surface area contributed by atoms with Gasteiger partial charge in [0.05, 0.1) is 5.69 Å². The largest absolute Gasteiger partial charge is 2.00 e. The summed E-state index contributed by atoms with van der Waals surface area (Å²) in [6, 6.07) is 19.2. The van der Waals surface area contributed by atoms with E-state index in [1.807, 2.05) is 36.4 Å². The van der Waals surface area contributed by atoms with Gasteiger partial charge in [0.2, 0.25) is 0 Å². The van der Waals surface area contributed by atoms with E-state index >= 15 is 0 Å². The molecule has 170 valence electrons. The maximum Gasteiger partial charge on any atom is 2.00 e. The molecule has 0 amide bonds. The van der Waals surface area contributed by atoms with Crippen molar-refractivity contribution in [3.8, 4) is 22.8 Å². The molecule has 0 spiro atoms. The molecular formula is C21H27N3O2Pt2S2. The molecule has 0 aliphatic rings. The van der Waals surface area contributed by atoms with E-state index in [0.717, 1.165) is 11.4 Å². The Labute approximate surface area is 215 Å². The molecule has 9 heteroatoms. The minimum Gasteiger partial charge on any atom is -0.380 e. The van der Waals surface area contributed by atoms with Gasteiger partial charge in [0, 0.05) is 52.8 Å². The van der Waals surface area contributed by atoms with E-state index in [0.29, 0.717) is 11.4 Å². The molecule has 5 nitrogen and oxygen atoms in total. The standard InChI is InChI=1S/C15H9N3.2C2H6OS.2CH3.2Pt/c1-3-10-16-12(6-1)14-8-5-9-15(18-14)13-7-2-4-11-17-13;2*1-4(2)3;;;;/h1-7,10-11H;2*1-2H3;2*1H3;;/q-2;;;2*-1;2*+2. The normalized spacial score (nSPS) is 8.47. The van der Waals surface area contributed by atoms with E-state index in [-0.39, 0.29) is 57.0 Å². The molecule has 3 rings (SSSR count). The van der Waals surface area contributed by atoms with Crippen LogP contribution in [-0.2, 0) is 63.7 Å². The summed E-state index contributed by atoms with van der Waals surface area (Å²) in [5.41, 5.74) is 3.00. The first-order chi connectivity index (χ1) is 12.4. The fraction of sp³-hybridized carbons (Fsp3) is 0.190. The van der Waals surface area contributed by atoms with Crippen molar-refractivity contribution in [2.24, 2.45) is 0 Å². The number of rotatable bonds is 2. The Balaban J connectivity index is -0.000000247. The van der Waals surface area contributed by atoms with Gasteiger partial charge in [0.15, 0.2) is 0 Å². The van der Waals surface area contributed by atoms with E-state index in [1.54, 1.807) is 43.5 Å². The van der Waals surface area contributed by atoms with Crippen LogP contribution in [0.15, 0.2) is 54.9 Å². The molecule has 30 heavy (non-hydrogen) atoms. The van der Waals surface area contributed by atoms with E-state index in [9.17, 15) is 8.42 Å². The van der Waals surface area contributed by atoms with Crippen molar-refractivity contribution in [1.82, 2.24) is 15.0 Å². The summed E-state index contributed by atoms with van der Waals surface area (Å²) in [4.78, 5) is 13.0. The molecular weight excluding hydrogens is 781 g/mol. The summed E-state index contributed by atoms with van der Waals surface area (Å²) in [6.45, 7) is 0. The van der Waals surface area contributed by atoms with Gasteiger partial charge in [-0.25, -0.2) is 0 Å². The number of pyridine rings is 3. The molecule has 0 aliphatic carbocycles. The van der Waals surface area contributed by atoms with Crippen molar-refractivity contribution < 1.29 is 50.5 Å². The van der Waals surface area contributed by atoms with E-state index in [4.69, 9.17) is 0 Å². The zero-order valence-electron chi connectivity index (χ0n) is 17.8. The van der Waals surface area contributed by atoms with Gasteiger partial charge in [-0.05, 0) is 30.1 Å². The van der Waals surface area contributed by atoms with Crippen molar-refractivity contribution in [2.75, 3.05) is 25.0 Å². The number of hydrogen-bond donors (Lipinski definition) is 0. The van der Waals surface area contributed by atoms with Crippen LogP contribution in [-0.4, -0.2) is 48.4 Å². The van der Waals surface area contributed by atoms with Crippen LogP contribution in [0.5, 0.6) is 0 Å². The molecule has 0 bridgehead atoms. The second-order valence-corrected chi connectivity index (χ2v) is 8.12. The minimum atomic E-state index is -0.611. The third kappa shape index (κ3) is 16.9.